The van der Waals surface area contributed by atoms with Crippen molar-refractivity contribution in [3.05, 3.63) is 133 Å². The molecule has 2 aliphatic rings. The van der Waals surface area contributed by atoms with E-state index >= 15 is 0 Å². The molecule has 0 N–H and O–H groups in total. The van der Waals surface area contributed by atoms with Gasteiger partial charge in [-0.25, -0.2) is 0 Å². The molecule has 1 fully saturated rings. The molecule has 6 atom stereocenters. The first-order chi connectivity index (χ1) is 25.6. The highest BCUT2D eigenvalue weighted by atomic mass is 35.5. The third-order valence-corrected chi connectivity index (χ3v) is 18.0. The Hall–Kier alpha value is -2.61. The Bertz CT molecular complexity index is 1970. The summed E-state index contributed by atoms with van der Waals surface area (Å²) < 4.78 is 42.0. The summed E-state index contributed by atoms with van der Waals surface area (Å²) in [6, 6.07) is 26.6. The molecule has 286 valence electrons. The predicted octanol–water partition coefficient (Wildman–Crippen LogP) is 9.99. The molecule has 0 aromatic heterocycles. The number of halogens is 4. The fourth-order valence-electron chi connectivity index (χ4n) is 6.28. The highest BCUT2D eigenvalue weighted by molar-refractivity contribution is 7.85. The van der Waals surface area contributed by atoms with E-state index in [-0.39, 0.29) is 56.1 Å². The third kappa shape index (κ3) is 8.25. The van der Waals surface area contributed by atoms with Crippen molar-refractivity contribution in [2.45, 2.75) is 86.8 Å². The monoisotopic (exact) mass is 847 g/mol. The van der Waals surface area contributed by atoms with E-state index in [4.69, 9.17) is 65.0 Å². The van der Waals surface area contributed by atoms with Gasteiger partial charge in [0.25, 0.3) is 11.8 Å². The first-order valence-electron chi connectivity index (χ1n) is 17.4. The molecule has 14 heteroatoms. The van der Waals surface area contributed by atoms with E-state index in [0.29, 0.717) is 4.90 Å². The van der Waals surface area contributed by atoms with E-state index in [1.54, 1.807) is 30.3 Å². The van der Waals surface area contributed by atoms with Gasteiger partial charge in [-0.2, -0.15) is 0 Å². The van der Waals surface area contributed by atoms with Crippen molar-refractivity contribution in [3.63, 3.8) is 0 Å². The fourth-order valence-corrected chi connectivity index (χ4v) is 10.1. The topological polar surface area (TPSA) is 91.4 Å². The number of imide groups is 1. The van der Waals surface area contributed by atoms with Crippen LogP contribution in [0.1, 0.15) is 52.6 Å². The molecule has 6 rings (SSSR count). The Morgan fingerprint density at radius 1 is 0.722 bits per heavy atom. The zero-order valence-electron chi connectivity index (χ0n) is 30.4. The summed E-state index contributed by atoms with van der Waals surface area (Å²) in [7, 11) is -4.62. The average Bonchev–Trinajstić information content (AvgIpc) is 3.42. The quantitative estimate of drug-likeness (QED) is 0.0607. The SMILES string of the molecule is CC(C)(C)[Si](C)(C)O[C@H]1[C@H](OCc2ccccc2)[C@@H](N2C(=O)c3c(Cl)c(Cl)c(Cl)c(Cl)c3C2=O)[C@H](S(=O)c2ccccc2)O[C@@H]1COCc1ccccc1. The minimum Gasteiger partial charge on any atom is -0.408 e. The molecule has 0 radical (unpaired) electrons. The second kappa shape index (κ2) is 16.9. The van der Waals surface area contributed by atoms with E-state index in [1.165, 1.54) is 0 Å². The largest absolute Gasteiger partial charge is 0.408 e. The van der Waals surface area contributed by atoms with Gasteiger partial charge in [-0.05, 0) is 41.4 Å². The van der Waals surface area contributed by atoms with Crippen molar-refractivity contribution in [3.8, 4) is 0 Å². The lowest BCUT2D eigenvalue weighted by Crippen LogP contribution is -2.69. The van der Waals surface area contributed by atoms with E-state index in [1.807, 2.05) is 60.7 Å². The first kappa shape index (κ1) is 41.0. The first-order valence-corrected chi connectivity index (χ1v) is 23.1. The number of fused-ring (bicyclic) bond motifs is 1. The summed E-state index contributed by atoms with van der Waals surface area (Å²) in [5.41, 5.74) is 0.0537. The van der Waals surface area contributed by atoms with Crippen molar-refractivity contribution in [2.75, 3.05) is 6.61 Å². The van der Waals surface area contributed by atoms with Gasteiger partial charge in [0.2, 0.25) is 0 Å². The van der Waals surface area contributed by atoms with Crippen LogP contribution in [0.5, 0.6) is 0 Å². The van der Waals surface area contributed by atoms with E-state index in [9.17, 15) is 13.8 Å². The van der Waals surface area contributed by atoms with E-state index in [2.05, 4.69) is 33.9 Å². The van der Waals surface area contributed by atoms with Crippen molar-refractivity contribution >= 4 is 77.3 Å². The molecule has 1 saturated heterocycles. The van der Waals surface area contributed by atoms with Gasteiger partial charge in [0, 0.05) is 4.90 Å². The van der Waals surface area contributed by atoms with E-state index in [0.717, 1.165) is 16.0 Å². The third-order valence-electron chi connectivity index (χ3n) is 10.1. The lowest BCUT2D eigenvalue weighted by Gasteiger charge is -2.51. The molecule has 54 heavy (non-hydrogen) atoms. The number of nitrogens with zero attached hydrogens (tertiary/aromatic N) is 1. The van der Waals surface area contributed by atoms with Crippen molar-refractivity contribution in [1.82, 2.24) is 4.90 Å². The maximum absolute atomic E-state index is 14.8. The fraction of sp³-hybridized carbons (Fsp3) is 0.350. The van der Waals surface area contributed by atoms with Crippen LogP contribution in [-0.4, -0.2) is 65.6 Å². The van der Waals surface area contributed by atoms with Crippen LogP contribution < -0.4 is 0 Å². The second-order valence-electron chi connectivity index (χ2n) is 14.7. The van der Waals surface area contributed by atoms with Gasteiger partial charge >= 0.3 is 0 Å². The number of benzene rings is 4. The number of hydrogen-bond donors (Lipinski definition) is 0. The Kier molecular flexibility index (Phi) is 12.8. The van der Waals surface area contributed by atoms with Gasteiger partial charge < -0.3 is 18.6 Å². The smallest absolute Gasteiger partial charge is 0.263 e. The van der Waals surface area contributed by atoms with Crippen molar-refractivity contribution < 1.29 is 32.4 Å². The van der Waals surface area contributed by atoms with Crippen molar-refractivity contribution in [2.24, 2.45) is 0 Å². The van der Waals surface area contributed by atoms with Gasteiger partial charge in [0.15, 0.2) is 13.8 Å². The van der Waals surface area contributed by atoms with Crippen LogP contribution in [0.3, 0.4) is 0 Å². The normalized spacial score (nSPS) is 22.4. The molecule has 0 spiro atoms. The minimum atomic E-state index is -2.66. The lowest BCUT2D eigenvalue weighted by atomic mass is 9.96. The number of carbonyl (C=O) groups excluding carboxylic acids is 2. The van der Waals surface area contributed by atoms with Crippen LogP contribution in [0.25, 0.3) is 0 Å². The minimum absolute atomic E-state index is 0.0274. The Labute approximate surface area is 339 Å². The van der Waals surface area contributed by atoms with Gasteiger partial charge in [-0.1, -0.05) is 146 Å². The summed E-state index contributed by atoms with van der Waals surface area (Å²) in [5, 5.41) is -1.04. The summed E-state index contributed by atoms with van der Waals surface area (Å²) in [6.45, 7) is 10.9. The van der Waals surface area contributed by atoms with Crippen LogP contribution in [0.4, 0.5) is 0 Å². The van der Waals surface area contributed by atoms with Crippen LogP contribution >= 0.6 is 46.4 Å². The molecule has 0 saturated carbocycles. The molecule has 2 amide bonds. The Morgan fingerprint density at radius 3 is 1.70 bits per heavy atom. The van der Waals surface area contributed by atoms with Crippen LogP contribution in [0.2, 0.25) is 38.2 Å². The lowest BCUT2D eigenvalue weighted by molar-refractivity contribution is -0.201. The molecule has 2 aliphatic heterocycles. The summed E-state index contributed by atoms with van der Waals surface area (Å²) in [4.78, 5) is 30.6. The predicted molar refractivity (Wildman–Crippen MR) is 215 cm³/mol. The van der Waals surface area contributed by atoms with E-state index < -0.39 is 60.7 Å². The maximum Gasteiger partial charge on any atom is 0.263 e. The van der Waals surface area contributed by atoms with Gasteiger partial charge in [0.1, 0.15) is 24.4 Å². The second-order valence-corrected chi connectivity index (χ2v) is 22.5. The summed E-state index contributed by atoms with van der Waals surface area (Å²) in [5.74, 6) is -1.61. The highest BCUT2D eigenvalue weighted by Crippen LogP contribution is 2.48. The number of carbonyl (C=O) groups is 2. The zero-order chi connectivity index (χ0) is 38.9. The number of amides is 2. The molecule has 4 aromatic carbocycles. The molecular formula is C40H41Cl4NO7SSi. The van der Waals surface area contributed by atoms with Gasteiger partial charge in [0.05, 0.1) is 61.8 Å². The summed E-state index contributed by atoms with van der Waals surface area (Å²) >= 11 is 26.1. The maximum atomic E-state index is 14.8. The molecule has 4 aromatic rings. The summed E-state index contributed by atoms with van der Waals surface area (Å²) in [6.07, 6.45) is -2.83. The number of rotatable bonds is 12. The van der Waals surface area contributed by atoms with Gasteiger partial charge in [-0.15, -0.1) is 0 Å². The van der Waals surface area contributed by atoms with Gasteiger partial charge in [-0.3, -0.25) is 18.7 Å². The van der Waals surface area contributed by atoms with Crippen LogP contribution in [0.15, 0.2) is 95.9 Å². The number of ether oxygens (including phenoxy) is 3. The van der Waals surface area contributed by atoms with Crippen molar-refractivity contribution in [1.29, 1.82) is 0 Å². The molecule has 8 nitrogen and oxygen atoms in total. The molecule has 2 heterocycles. The molecule has 0 aliphatic carbocycles. The highest BCUT2D eigenvalue weighted by Gasteiger charge is 2.59. The van der Waals surface area contributed by atoms with Crippen LogP contribution in [-0.2, 0) is 42.6 Å². The number of hydrogen-bond acceptors (Lipinski definition) is 7. The Balaban J connectivity index is 1.52. The van der Waals surface area contributed by atoms with Crippen LogP contribution in [0, 0.1) is 0 Å². The zero-order valence-corrected chi connectivity index (χ0v) is 35.2. The Morgan fingerprint density at radius 2 is 1.20 bits per heavy atom. The molecule has 1 unspecified atom stereocenters. The molecule has 0 bridgehead atoms. The molecular weight excluding hydrogens is 808 g/mol. The average molecular weight is 850 g/mol. The standard InChI is InChI=1S/C40H41Cl4NO7SSi/c1-40(2,3)54(4,5)52-35-27(23-49-21-24-15-9-6-10-16-24)51-39(53(48)26-19-13-8-14-20-26)34(36(35)50-22-25-17-11-7-12-18-25)45-37(46)28-29(38(45)47)31(42)33(44)32(43)30(28)41/h6-20,27,34-36,39H,21-23H2,1-5H3/t27-,34-,35-,36-,39+,53?/m1/s1.